The molecule has 5 nitrogen and oxygen atoms in total. The fourth-order valence-electron chi connectivity index (χ4n) is 2.76. The summed E-state index contributed by atoms with van der Waals surface area (Å²) in [6, 6.07) is 5.50. The summed E-state index contributed by atoms with van der Waals surface area (Å²) in [5.74, 6) is 0.899. The van der Waals surface area contributed by atoms with Crippen molar-refractivity contribution in [1.29, 1.82) is 0 Å². The number of furan rings is 1. The molecule has 1 aliphatic rings. The van der Waals surface area contributed by atoms with Crippen LogP contribution >= 0.6 is 0 Å². The highest BCUT2D eigenvalue weighted by Gasteiger charge is 2.28. The van der Waals surface area contributed by atoms with E-state index in [0.29, 0.717) is 17.3 Å². The first-order valence-corrected chi connectivity index (χ1v) is 6.98. The average molecular weight is 273 g/mol. The van der Waals surface area contributed by atoms with E-state index in [9.17, 15) is 4.79 Å². The summed E-state index contributed by atoms with van der Waals surface area (Å²) in [4.78, 5) is 18.7. The van der Waals surface area contributed by atoms with Crippen LogP contribution in [0.3, 0.4) is 0 Å². The van der Waals surface area contributed by atoms with Crippen LogP contribution in [0.5, 0.6) is 0 Å². The van der Waals surface area contributed by atoms with E-state index in [4.69, 9.17) is 4.42 Å². The van der Waals surface area contributed by atoms with Gasteiger partial charge in [-0.3, -0.25) is 4.79 Å². The largest absolute Gasteiger partial charge is 0.449 e. The second-order valence-electron chi connectivity index (χ2n) is 5.41. The van der Waals surface area contributed by atoms with E-state index < -0.39 is 0 Å². The first-order valence-electron chi connectivity index (χ1n) is 6.98. The minimum Gasteiger partial charge on any atom is -0.449 e. The Morgan fingerprint density at radius 1 is 1.55 bits per heavy atom. The van der Waals surface area contributed by atoms with Crippen molar-refractivity contribution >= 4 is 17.0 Å². The lowest BCUT2D eigenvalue weighted by Gasteiger charge is -2.14. The molecule has 2 aromatic heterocycles. The van der Waals surface area contributed by atoms with Gasteiger partial charge >= 0.3 is 0 Å². The van der Waals surface area contributed by atoms with Crippen LogP contribution in [0.1, 0.15) is 22.7 Å². The van der Waals surface area contributed by atoms with Crippen molar-refractivity contribution in [2.75, 3.05) is 26.7 Å². The molecule has 3 rings (SSSR count). The van der Waals surface area contributed by atoms with Crippen molar-refractivity contribution in [3.63, 3.8) is 0 Å². The zero-order chi connectivity index (χ0) is 14.1. The van der Waals surface area contributed by atoms with Gasteiger partial charge in [-0.2, -0.15) is 0 Å². The monoisotopic (exact) mass is 273 g/mol. The third kappa shape index (κ3) is 2.41. The number of pyridine rings is 1. The maximum absolute atomic E-state index is 12.4. The summed E-state index contributed by atoms with van der Waals surface area (Å²) in [7, 11) is 1.94. The van der Waals surface area contributed by atoms with E-state index >= 15 is 0 Å². The molecule has 1 atom stereocenters. The van der Waals surface area contributed by atoms with Gasteiger partial charge in [-0.15, -0.1) is 0 Å². The van der Waals surface area contributed by atoms with Crippen LogP contribution in [-0.4, -0.2) is 42.5 Å². The lowest BCUT2D eigenvalue weighted by atomic mass is 10.1. The molecule has 3 heterocycles. The molecular weight excluding hydrogens is 254 g/mol. The normalized spacial score (nSPS) is 18.9. The number of rotatable bonds is 3. The summed E-state index contributed by atoms with van der Waals surface area (Å²) < 4.78 is 5.62. The Labute approximate surface area is 118 Å². The first-order chi connectivity index (χ1) is 9.67. The van der Waals surface area contributed by atoms with E-state index in [1.807, 2.05) is 31.0 Å². The summed E-state index contributed by atoms with van der Waals surface area (Å²) >= 11 is 0. The number of nitrogens with zero attached hydrogens (tertiary/aromatic N) is 2. The van der Waals surface area contributed by atoms with E-state index in [1.54, 1.807) is 6.07 Å². The SMILES string of the molecule is CNCC1CCN(C(=O)c2cc3nc(C)ccc3o2)C1. The summed E-state index contributed by atoms with van der Waals surface area (Å²) in [6.07, 6.45) is 1.05. The minimum absolute atomic E-state index is 0.0285. The standard InChI is InChI=1S/C15H19N3O2/c1-10-3-4-13-12(17-10)7-14(20-13)15(19)18-6-5-11(9-18)8-16-2/h3-4,7,11,16H,5-6,8-9H2,1-2H3. The Kier molecular flexibility index (Phi) is 3.44. The van der Waals surface area contributed by atoms with Gasteiger partial charge in [0.1, 0.15) is 5.52 Å². The molecule has 1 unspecified atom stereocenters. The third-order valence-electron chi connectivity index (χ3n) is 3.79. The molecule has 1 saturated heterocycles. The highest BCUT2D eigenvalue weighted by molar-refractivity contribution is 5.95. The summed E-state index contributed by atoms with van der Waals surface area (Å²) in [6.45, 7) is 4.47. The Morgan fingerprint density at radius 3 is 3.20 bits per heavy atom. The molecule has 20 heavy (non-hydrogen) atoms. The summed E-state index contributed by atoms with van der Waals surface area (Å²) in [5.41, 5.74) is 2.34. The molecule has 5 heteroatoms. The number of amides is 1. The van der Waals surface area contributed by atoms with Crippen LogP contribution in [0.25, 0.3) is 11.1 Å². The highest BCUT2D eigenvalue weighted by atomic mass is 16.3. The zero-order valence-corrected chi connectivity index (χ0v) is 11.8. The predicted octanol–water partition coefficient (Wildman–Crippen LogP) is 1.82. The van der Waals surface area contributed by atoms with Crippen LogP contribution < -0.4 is 5.32 Å². The van der Waals surface area contributed by atoms with E-state index in [2.05, 4.69) is 10.3 Å². The van der Waals surface area contributed by atoms with Gasteiger partial charge in [-0.25, -0.2) is 4.98 Å². The highest BCUT2D eigenvalue weighted by Crippen LogP contribution is 2.22. The maximum atomic E-state index is 12.4. The van der Waals surface area contributed by atoms with Crippen LogP contribution in [0.4, 0.5) is 0 Å². The van der Waals surface area contributed by atoms with Crippen LogP contribution in [0, 0.1) is 12.8 Å². The Balaban J connectivity index is 1.79. The smallest absolute Gasteiger partial charge is 0.289 e. The van der Waals surface area contributed by atoms with Crippen molar-refractivity contribution in [3.8, 4) is 0 Å². The van der Waals surface area contributed by atoms with Gasteiger partial charge in [0, 0.05) is 24.8 Å². The molecule has 1 N–H and O–H groups in total. The molecule has 0 spiro atoms. The van der Waals surface area contributed by atoms with Gasteiger partial charge in [0.25, 0.3) is 5.91 Å². The molecule has 1 aliphatic heterocycles. The quantitative estimate of drug-likeness (QED) is 0.926. The minimum atomic E-state index is -0.0285. The molecule has 2 aromatic rings. The molecule has 1 fully saturated rings. The van der Waals surface area contributed by atoms with Crippen molar-refractivity contribution in [2.24, 2.45) is 5.92 Å². The van der Waals surface area contributed by atoms with Crippen LogP contribution in [-0.2, 0) is 0 Å². The fourth-order valence-corrected chi connectivity index (χ4v) is 2.76. The second kappa shape index (κ2) is 5.25. The number of nitrogens with one attached hydrogen (secondary N) is 1. The molecule has 1 amide bonds. The van der Waals surface area contributed by atoms with E-state index in [-0.39, 0.29) is 5.91 Å². The van der Waals surface area contributed by atoms with Crippen LogP contribution in [0.2, 0.25) is 0 Å². The molecular formula is C15H19N3O2. The van der Waals surface area contributed by atoms with Crippen molar-refractivity contribution in [3.05, 3.63) is 29.7 Å². The summed E-state index contributed by atoms with van der Waals surface area (Å²) in [5, 5.41) is 3.17. The lowest BCUT2D eigenvalue weighted by Crippen LogP contribution is -2.30. The second-order valence-corrected chi connectivity index (χ2v) is 5.41. The van der Waals surface area contributed by atoms with Gasteiger partial charge in [0.15, 0.2) is 11.3 Å². The van der Waals surface area contributed by atoms with Crippen molar-refractivity contribution in [1.82, 2.24) is 15.2 Å². The number of likely N-dealkylation sites (tertiary alicyclic amines) is 1. The van der Waals surface area contributed by atoms with E-state index in [0.717, 1.165) is 37.3 Å². The van der Waals surface area contributed by atoms with Crippen LogP contribution in [0.15, 0.2) is 22.6 Å². The van der Waals surface area contributed by atoms with Crippen molar-refractivity contribution in [2.45, 2.75) is 13.3 Å². The number of carbonyl (C=O) groups excluding carboxylic acids is 1. The Bertz CT molecular complexity index is 635. The fraction of sp³-hybridized carbons (Fsp3) is 0.467. The molecule has 0 aliphatic carbocycles. The number of carbonyl (C=O) groups is 1. The molecule has 0 saturated carbocycles. The average Bonchev–Trinajstić information content (AvgIpc) is 3.04. The lowest BCUT2D eigenvalue weighted by molar-refractivity contribution is 0.0758. The maximum Gasteiger partial charge on any atom is 0.289 e. The molecule has 0 radical (unpaired) electrons. The number of aryl methyl sites for hydroxylation is 1. The van der Waals surface area contributed by atoms with Gasteiger partial charge in [0.2, 0.25) is 0 Å². The first kappa shape index (κ1) is 13.1. The topological polar surface area (TPSA) is 58.4 Å². The van der Waals surface area contributed by atoms with Gasteiger partial charge < -0.3 is 14.6 Å². The zero-order valence-electron chi connectivity index (χ0n) is 11.8. The van der Waals surface area contributed by atoms with E-state index in [1.165, 1.54) is 0 Å². The molecule has 0 bridgehead atoms. The molecule has 106 valence electrons. The third-order valence-corrected chi connectivity index (χ3v) is 3.79. The number of hydrogen-bond acceptors (Lipinski definition) is 4. The van der Waals surface area contributed by atoms with Gasteiger partial charge in [-0.1, -0.05) is 0 Å². The number of hydrogen-bond donors (Lipinski definition) is 1. The number of aromatic nitrogens is 1. The van der Waals surface area contributed by atoms with Crippen molar-refractivity contribution < 1.29 is 9.21 Å². The van der Waals surface area contributed by atoms with Gasteiger partial charge in [0.05, 0.1) is 0 Å². The number of fused-ring (bicyclic) bond motifs is 1. The predicted molar refractivity (Wildman–Crippen MR) is 76.7 cm³/mol. The van der Waals surface area contributed by atoms with Gasteiger partial charge in [-0.05, 0) is 45.0 Å². The molecule has 0 aromatic carbocycles. The Morgan fingerprint density at radius 2 is 2.40 bits per heavy atom. The Hall–Kier alpha value is -1.88.